The largest absolute Gasteiger partial charge is 0.494 e. The van der Waals surface area contributed by atoms with Gasteiger partial charge in [0.15, 0.2) is 0 Å². The summed E-state index contributed by atoms with van der Waals surface area (Å²) in [6, 6.07) is 6.07. The standard InChI is InChI=1S/C14H24N2O/c1-5-17-13-7-6-11(8-10(13)2)12(15)9-14(3,4)16/h6-8,12H,5,9,15-16H2,1-4H3. The maximum atomic E-state index is 6.15. The second kappa shape index (κ2) is 5.52. The molecule has 0 spiro atoms. The van der Waals surface area contributed by atoms with Crippen LogP contribution in [0.4, 0.5) is 0 Å². The molecule has 0 heterocycles. The van der Waals surface area contributed by atoms with Gasteiger partial charge in [-0.25, -0.2) is 0 Å². The van der Waals surface area contributed by atoms with E-state index >= 15 is 0 Å². The molecule has 0 saturated carbocycles. The van der Waals surface area contributed by atoms with Gasteiger partial charge in [-0.05, 0) is 51.3 Å². The van der Waals surface area contributed by atoms with E-state index in [1.807, 2.05) is 39.8 Å². The quantitative estimate of drug-likeness (QED) is 0.825. The number of hydrogen-bond donors (Lipinski definition) is 2. The Bertz CT molecular complexity index is 369. The van der Waals surface area contributed by atoms with Gasteiger partial charge in [-0.15, -0.1) is 0 Å². The predicted octanol–water partition coefficient (Wildman–Crippen LogP) is 2.52. The maximum Gasteiger partial charge on any atom is 0.122 e. The van der Waals surface area contributed by atoms with Crippen molar-refractivity contribution in [1.82, 2.24) is 0 Å². The summed E-state index contributed by atoms with van der Waals surface area (Å²) in [7, 11) is 0. The van der Waals surface area contributed by atoms with E-state index in [1.54, 1.807) is 0 Å². The third-order valence-corrected chi connectivity index (χ3v) is 2.67. The zero-order chi connectivity index (χ0) is 13.1. The molecule has 0 bridgehead atoms. The second-order valence-corrected chi connectivity index (χ2v) is 5.26. The molecule has 0 aliphatic carbocycles. The van der Waals surface area contributed by atoms with Crippen LogP contribution in [0.2, 0.25) is 0 Å². The Morgan fingerprint density at radius 3 is 2.47 bits per heavy atom. The zero-order valence-corrected chi connectivity index (χ0v) is 11.3. The van der Waals surface area contributed by atoms with E-state index in [4.69, 9.17) is 16.2 Å². The van der Waals surface area contributed by atoms with Crippen LogP contribution in [0.3, 0.4) is 0 Å². The normalized spacial score (nSPS) is 13.5. The molecule has 17 heavy (non-hydrogen) atoms. The summed E-state index contributed by atoms with van der Waals surface area (Å²) >= 11 is 0. The summed E-state index contributed by atoms with van der Waals surface area (Å²) in [6.07, 6.45) is 0.764. The van der Waals surface area contributed by atoms with Gasteiger partial charge in [0.1, 0.15) is 5.75 Å². The van der Waals surface area contributed by atoms with E-state index in [0.717, 1.165) is 23.3 Å². The number of hydrogen-bond acceptors (Lipinski definition) is 3. The summed E-state index contributed by atoms with van der Waals surface area (Å²) in [4.78, 5) is 0. The first-order valence-electron chi connectivity index (χ1n) is 6.11. The monoisotopic (exact) mass is 236 g/mol. The number of ether oxygens (including phenoxy) is 1. The highest BCUT2D eigenvalue weighted by molar-refractivity contribution is 5.37. The first-order valence-corrected chi connectivity index (χ1v) is 6.11. The fourth-order valence-corrected chi connectivity index (χ4v) is 1.91. The molecule has 3 nitrogen and oxygen atoms in total. The molecule has 1 aromatic carbocycles. The first kappa shape index (κ1) is 14.0. The molecule has 1 atom stereocenters. The first-order chi connectivity index (χ1) is 7.83. The summed E-state index contributed by atoms with van der Waals surface area (Å²) in [5.41, 5.74) is 14.1. The molecule has 0 aliphatic rings. The Kier molecular flexibility index (Phi) is 4.54. The predicted molar refractivity (Wildman–Crippen MR) is 72.2 cm³/mol. The number of rotatable bonds is 5. The zero-order valence-electron chi connectivity index (χ0n) is 11.3. The number of aryl methyl sites for hydroxylation is 1. The summed E-state index contributed by atoms with van der Waals surface area (Å²) < 4.78 is 5.51. The van der Waals surface area contributed by atoms with Crippen molar-refractivity contribution in [3.05, 3.63) is 29.3 Å². The second-order valence-electron chi connectivity index (χ2n) is 5.26. The van der Waals surface area contributed by atoms with Crippen LogP contribution in [0.1, 0.15) is 44.4 Å². The van der Waals surface area contributed by atoms with Crippen molar-refractivity contribution in [3.8, 4) is 5.75 Å². The molecule has 1 unspecified atom stereocenters. The Hall–Kier alpha value is -1.06. The van der Waals surface area contributed by atoms with Crippen LogP contribution in [0.5, 0.6) is 5.75 Å². The molecule has 0 aromatic heterocycles. The highest BCUT2D eigenvalue weighted by Crippen LogP contribution is 2.25. The summed E-state index contributed by atoms with van der Waals surface area (Å²) in [5, 5.41) is 0. The minimum atomic E-state index is -0.244. The van der Waals surface area contributed by atoms with Crippen molar-refractivity contribution in [1.29, 1.82) is 0 Å². The molecular weight excluding hydrogens is 212 g/mol. The van der Waals surface area contributed by atoms with Gasteiger partial charge in [0.25, 0.3) is 0 Å². The molecule has 0 radical (unpaired) electrons. The topological polar surface area (TPSA) is 61.3 Å². The van der Waals surface area contributed by atoms with Crippen molar-refractivity contribution < 1.29 is 4.74 Å². The molecule has 0 amide bonds. The van der Waals surface area contributed by atoms with E-state index < -0.39 is 0 Å². The lowest BCUT2D eigenvalue weighted by molar-refractivity contribution is 0.337. The number of nitrogens with two attached hydrogens (primary N) is 2. The van der Waals surface area contributed by atoms with E-state index in [1.165, 1.54) is 0 Å². The average molecular weight is 236 g/mol. The number of benzene rings is 1. The molecule has 0 aliphatic heterocycles. The van der Waals surface area contributed by atoms with E-state index in [2.05, 4.69) is 6.07 Å². The third-order valence-electron chi connectivity index (χ3n) is 2.67. The van der Waals surface area contributed by atoms with Crippen molar-refractivity contribution in [2.24, 2.45) is 11.5 Å². The van der Waals surface area contributed by atoms with Crippen molar-refractivity contribution in [3.63, 3.8) is 0 Å². The van der Waals surface area contributed by atoms with Gasteiger partial charge in [-0.1, -0.05) is 12.1 Å². The van der Waals surface area contributed by atoms with Crippen molar-refractivity contribution in [2.75, 3.05) is 6.61 Å². The van der Waals surface area contributed by atoms with E-state index in [-0.39, 0.29) is 11.6 Å². The smallest absolute Gasteiger partial charge is 0.122 e. The highest BCUT2D eigenvalue weighted by Gasteiger charge is 2.17. The Balaban J connectivity index is 2.82. The minimum Gasteiger partial charge on any atom is -0.494 e. The average Bonchev–Trinajstić information content (AvgIpc) is 2.18. The lowest BCUT2D eigenvalue weighted by atomic mass is 9.92. The Morgan fingerprint density at radius 2 is 2.00 bits per heavy atom. The highest BCUT2D eigenvalue weighted by atomic mass is 16.5. The van der Waals surface area contributed by atoms with Crippen molar-refractivity contribution >= 4 is 0 Å². The van der Waals surface area contributed by atoms with E-state index in [0.29, 0.717) is 6.61 Å². The van der Waals surface area contributed by atoms with Crippen LogP contribution in [-0.4, -0.2) is 12.1 Å². The summed E-state index contributed by atoms with van der Waals surface area (Å²) in [6.45, 7) is 8.69. The lowest BCUT2D eigenvalue weighted by Gasteiger charge is -2.24. The summed E-state index contributed by atoms with van der Waals surface area (Å²) in [5.74, 6) is 0.926. The van der Waals surface area contributed by atoms with Gasteiger partial charge in [-0.3, -0.25) is 0 Å². The third kappa shape index (κ3) is 4.36. The van der Waals surface area contributed by atoms with Gasteiger partial charge in [0.05, 0.1) is 6.61 Å². The molecule has 1 rings (SSSR count). The van der Waals surface area contributed by atoms with Gasteiger partial charge < -0.3 is 16.2 Å². The van der Waals surface area contributed by atoms with Gasteiger partial charge in [0.2, 0.25) is 0 Å². The van der Waals surface area contributed by atoms with Crippen LogP contribution in [0.25, 0.3) is 0 Å². The van der Waals surface area contributed by atoms with Crippen molar-refractivity contribution in [2.45, 2.75) is 45.7 Å². The van der Waals surface area contributed by atoms with Crippen LogP contribution in [0.15, 0.2) is 18.2 Å². The SMILES string of the molecule is CCOc1ccc(C(N)CC(C)(C)N)cc1C. The Labute approximate surface area is 104 Å². The molecule has 96 valence electrons. The van der Waals surface area contributed by atoms with Crippen LogP contribution in [0, 0.1) is 6.92 Å². The lowest BCUT2D eigenvalue weighted by Crippen LogP contribution is -2.35. The van der Waals surface area contributed by atoms with Crippen LogP contribution < -0.4 is 16.2 Å². The minimum absolute atomic E-state index is 0.0237. The fourth-order valence-electron chi connectivity index (χ4n) is 1.91. The molecule has 0 saturated heterocycles. The van der Waals surface area contributed by atoms with Crippen LogP contribution in [-0.2, 0) is 0 Å². The van der Waals surface area contributed by atoms with E-state index in [9.17, 15) is 0 Å². The molecule has 0 fully saturated rings. The molecule has 4 N–H and O–H groups in total. The molecule has 1 aromatic rings. The maximum absolute atomic E-state index is 6.15. The van der Waals surface area contributed by atoms with Gasteiger partial charge in [0, 0.05) is 11.6 Å². The molecular formula is C14H24N2O. The van der Waals surface area contributed by atoms with Gasteiger partial charge in [-0.2, -0.15) is 0 Å². The fraction of sp³-hybridized carbons (Fsp3) is 0.571. The Morgan fingerprint density at radius 1 is 1.35 bits per heavy atom. The van der Waals surface area contributed by atoms with Gasteiger partial charge >= 0.3 is 0 Å². The molecule has 3 heteroatoms. The van der Waals surface area contributed by atoms with Crippen LogP contribution >= 0.6 is 0 Å².